The molecule has 0 N–H and O–H groups in total. The highest BCUT2D eigenvalue weighted by Crippen LogP contribution is 2.18. The summed E-state index contributed by atoms with van der Waals surface area (Å²) in [5.74, 6) is -0.995. The van der Waals surface area contributed by atoms with Gasteiger partial charge in [-0.1, -0.05) is 0 Å². The summed E-state index contributed by atoms with van der Waals surface area (Å²) in [7, 11) is 0. The zero-order valence-corrected chi connectivity index (χ0v) is 19.3. The summed E-state index contributed by atoms with van der Waals surface area (Å²) in [5, 5.41) is 0. The van der Waals surface area contributed by atoms with E-state index in [1.54, 1.807) is 12.1 Å². The fourth-order valence-corrected chi connectivity index (χ4v) is 3.15. The molecule has 2 rings (SSSR count). The van der Waals surface area contributed by atoms with Crippen LogP contribution in [0.2, 0.25) is 0 Å². The third-order valence-corrected chi connectivity index (χ3v) is 4.78. The molecule has 1 unspecified atom stereocenters. The maximum atomic E-state index is 12.5. The molecule has 0 radical (unpaired) electrons. The third-order valence-electron chi connectivity index (χ3n) is 4.78. The number of carbonyl (C=O) groups excluding carboxylic acids is 2. The van der Waals surface area contributed by atoms with Gasteiger partial charge >= 0.3 is 11.9 Å². The molecule has 1 aliphatic rings. The first-order valence-electron chi connectivity index (χ1n) is 11.5. The van der Waals surface area contributed by atoms with Crippen molar-refractivity contribution in [3.05, 3.63) is 34.9 Å². The molecule has 1 aliphatic heterocycles. The van der Waals surface area contributed by atoms with E-state index in [-0.39, 0.29) is 37.2 Å². The molecule has 0 amide bonds. The number of hydrogen-bond acceptors (Lipinski definition) is 8. The van der Waals surface area contributed by atoms with Gasteiger partial charge in [0.25, 0.3) is 0 Å². The molecule has 0 saturated carbocycles. The minimum atomic E-state index is -0.498. The van der Waals surface area contributed by atoms with Crippen molar-refractivity contribution in [3.63, 3.8) is 0 Å². The first-order chi connectivity index (χ1) is 15.6. The number of carbonyl (C=O) groups is 2. The van der Waals surface area contributed by atoms with E-state index < -0.39 is 11.9 Å². The summed E-state index contributed by atoms with van der Waals surface area (Å²) in [5.41, 5.74) is 1.26. The highest BCUT2D eigenvalue weighted by atomic mass is 16.7. The van der Waals surface area contributed by atoms with Gasteiger partial charge < -0.3 is 28.4 Å². The van der Waals surface area contributed by atoms with Crippen LogP contribution in [0.25, 0.3) is 0 Å². The Morgan fingerprint density at radius 1 is 0.875 bits per heavy atom. The number of esters is 2. The molecule has 1 heterocycles. The molecule has 1 aromatic carbocycles. The molecule has 180 valence electrons. The van der Waals surface area contributed by atoms with Crippen molar-refractivity contribution in [1.29, 1.82) is 0 Å². The van der Waals surface area contributed by atoms with Crippen LogP contribution in [0.1, 0.15) is 72.2 Å². The van der Waals surface area contributed by atoms with E-state index in [9.17, 15) is 9.59 Å². The normalized spacial score (nSPS) is 16.0. The minimum Gasteiger partial charge on any atom is -0.462 e. The van der Waals surface area contributed by atoms with Crippen LogP contribution in [-0.4, -0.2) is 64.5 Å². The van der Waals surface area contributed by atoms with Gasteiger partial charge in [-0.15, -0.1) is 0 Å². The summed E-state index contributed by atoms with van der Waals surface area (Å²) < 4.78 is 32.6. The Balaban J connectivity index is 2.00. The molecule has 32 heavy (non-hydrogen) atoms. The molecule has 1 saturated heterocycles. The summed E-state index contributed by atoms with van der Waals surface area (Å²) in [4.78, 5) is 25.1. The Morgan fingerprint density at radius 3 is 1.97 bits per heavy atom. The van der Waals surface area contributed by atoms with E-state index >= 15 is 0 Å². The van der Waals surface area contributed by atoms with Gasteiger partial charge in [-0.2, -0.15) is 0 Å². The molecule has 1 atom stereocenters. The Hall–Kier alpha value is -2.00. The van der Waals surface area contributed by atoms with Crippen LogP contribution in [0, 0.1) is 0 Å². The number of benzene rings is 1. The standard InChI is InChI=1S/C24H36O8/c1-3-27-10-7-13-30-23(25)20-15-19(18-32-22-9-5-6-12-29-22)16-21(17-20)24(26)31-14-8-11-28-4-2/h15-17,22H,3-14,18H2,1-2H3. The fourth-order valence-electron chi connectivity index (χ4n) is 3.15. The molecule has 0 bridgehead atoms. The highest BCUT2D eigenvalue weighted by molar-refractivity contribution is 5.95. The van der Waals surface area contributed by atoms with Crippen LogP contribution in [0.5, 0.6) is 0 Å². The Morgan fingerprint density at radius 2 is 1.47 bits per heavy atom. The molecule has 0 aromatic heterocycles. The topological polar surface area (TPSA) is 89.5 Å². The van der Waals surface area contributed by atoms with Crippen molar-refractivity contribution in [2.24, 2.45) is 0 Å². The Labute approximate surface area is 190 Å². The molecule has 8 heteroatoms. The SMILES string of the molecule is CCOCCCOC(=O)c1cc(COC2CCCCO2)cc(C(=O)OCCCOCC)c1. The van der Waals surface area contributed by atoms with Crippen LogP contribution >= 0.6 is 0 Å². The van der Waals surface area contributed by atoms with Gasteiger partial charge in [-0.05, 0) is 56.9 Å². The lowest BCUT2D eigenvalue weighted by Gasteiger charge is -2.22. The van der Waals surface area contributed by atoms with Gasteiger partial charge in [-0.3, -0.25) is 0 Å². The van der Waals surface area contributed by atoms with E-state index in [0.717, 1.165) is 19.3 Å². The zero-order valence-electron chi connectivity index (χ0n) is 19.3. The monoisotopic (exact) mass is 452 g/mol. The quantitative estimate of drug-likeness (QED) is 0.292. The van der Waals surface area contributed by atoms with E-state index in [4.69, 9.17) is 28.4 Å². The predicted molar refractivity (Wildman–Crippen MR) is 118 cm³/mol. The second-order valence-electron chi connectivity index (χ2n) is 7.40. The first kappa shape index (κ1) is 26.3. The zero-order chi connectivity index (χ0) is 23.0. The largest absolute Gasteiger partial charge is 0.462 e. The van der Waals surface area contributed by atoms with Crippen LogP contribution in [0.4, 0.5) is 0 Å². The van der Waals surface area contributed by atoms with E-state index in [0.29, 0.717) is 51.4 Å². The van der Waals surface area contributed by atoms with Crippen molar-refractivity contribution in [2.45, 2.75) is 58.8 Å². The second kappa shape index (κ2) is 15.7. The van der Waals surface area contributed by atoms with Gasteiger partial charge in [0.2, 0.25) is 0 Å². The van der Waals surface area contributed by atoms with Gasteiger partial charge in [-0.25, -0.2) is 9.59 Å². The lowest BCUT2D eigenvalue weighted by molar-refractivity contribution is -0.168. The molecule has 8 nitrogen and oxygen atoms in total. The van der Waals surface area contributed by atoms with E-state index in [1.165, 1.54) is 6.07 Å². The van der Waals surface area contributed by atoms with Crippen LogP contribution in [-0.2, 0) is 35.0 Å². The molecule has 1 fully saturated rings. The first-order valence-corrected chi connectivity index (χ1v) is 11.5. The van der Waals surface area contributed by atoms with Crippen molar-refractivity contribution in [1.82, 2.24) is 0 Å². The maximum Gasteiger partial charge on any atom is 0.338 e. The van der Waals surface area contributed by atoms with Crippen molar-refractivity contribution >= 4 is 11.9 Å². The number of hydrogen-bond donors (Lipinski definition) is 0. The number of ether oxygens (including phenoxy) is 6. The van der Waals surface area contributed by atoms with Gasteiger partial charge in [0.1, 0.15) is 0 Å². The summed E-state index contributed by atoms with van der Waals surface area (Å²) in [6.45, 7) is 7.51. The van der Waals surface area contributed by atoms with Gasteiger partial charge in [0, 0.05) is 45.9 Å². The van der Waals surface area contributed by atoms with E-state index in [1.807, 2.05) is 13.8 Å². The molecular weight excluding hydrogens is 416 g/mol. The molecule has 0 aliphatic carbocycles. The van der Waals surface area contributed by atoms with Crippen molar-refractivity contribution < 1.29 is 38.0 Å². The lowest BCUT2D eigenvalue weighted by atomic mass is 10.1. The molecule has 0 spiro atoms. The highest BCUT2D eigenvalue weighted by Gasteiger charge is 2.18. The van der Waals surface area contributed by atoms with Gasteiger partial charge in [0.15, 0.2) is 6.29 Å². The van der Waals surface area contributed by atoms with Gasteiger partial charge in [0.05, 0.1) is 30.9 Å². The Kier molecular flexibility index (Phi) is 12.9. The van der Waals surface area contributed by atoms with E-state index in [2.05, 4.69) is 0 Å². The average Bonchev–Trinajstić information content (AvgIpc) is 2.82. The predicted octanol–water partition coefficient (Wildman–Crippen LogP) is 3.90. The average molecular weight is 453 g/mol. The van der Waals surface area contributed by atoms with Crippen LogP contribution in [0.15, 0.2) is 18.2 Å². The van der Waals surface area contributed by atoms with Crippen molar-refractivity contribution in [3.8, 4) is 0 Å². The summed E-state index contributed by atoms with van der Waals surface area (Å²) >= 11 is 0. The Bertz CT molecular complexity index is 640. The smallest absolute Gasteiger partial charge is 0.338 e. The maximum absolute atomic E-state index is 12.5. The van der Waals surface area contributed by atoms with Crippen LogP contribution < -0.4 is 0 Å². The summed E-state index contributed by atoms with van der Waals surface area (Å²) in [6, 6.07) is 4.86. The second-order valence-corrected chi connectivity index (χ2v) is 7.40. The fraction of sp³-hybridized carbons (Fsp3) is 0.667. The third kappa shape index (κ3) is 10.1. The number of rotatable bonds is 15. The minimum absolute atomic E-state index is 0.223. The summed E-state index contributed by atoms with van der Waals surface area (Å²) in [6.07, 6.45) is 3.86. The molecular formula is C24H36O8. The van der Waals surface area contributed by atoms with Crippen LogP contribution in [0.3, 0.4) is 0 Å². The van der Waals surface area contributed by atoms with Crippen molar-refractivity contribution in [2.75, 3.05) is 46.2 Å². The molecule has 1 aromatic rings. The lowest BCUT2D eigenvalue weighted by Crippen LogP contribution is -2.22.